The fourth-order valence-electron chi connectivity index (χ4n) is 1.83. The molecule has 0 radical (unpaired) electrons. The van der Waals surface area contributed by atoms with E-state index in [1.165, 1.54) is 16.7 Å². The van der Waals surface area contributed by atoms with E-state index < -0.39 is 12.0 Å². The van der Waals surface area contributed by atoms with Gasteiger partial charge >= 0.3 is 5.97 Å². The van der Waals surface area contributed by atoms with Crippen LogP contribution < -0.4 is 5.73 Å². The number of hydrogen-bond donors (Lipinski definition) is 2. The summed E-state index contributed by atoms with van der Waals surface area (Å²) in [4.78, 5) is 23.8. The number of fused-ring (bicyclic) bond motifs is 1. The molecular formula is C9H12N2O3S. The highest BCUT2D eigenvalue weighted by Crippen LogP contribution is 2.42. The molecule has 1 amide bonds. The molecule has 15 heavy (non-hydrogen) atoms. The Kier molecular flexibility index (Phi) is 2.27. The van der Waals surface area contributed by atoms with Crippen LogP contribution in [0.3, 0.4) is 0 Å². The SMILES string of the molecule is CC1=C(C(=O)O)N2C(=O)C(N)[C@@H]2SC1C. The molecule has 2 unspecified atom stereocenters. The Morgan fingerprint density at radius 3 is 2.73 bits per heavy atom. The van der Waals surface area contributed by atoms with E-state index in [1.54, 1.807) is 6.92 Å². The molecule has 0 spiro atoms. The van der Waals surface area contributed by atoms with Gasteiger partial charge in [-0.3, -0.25) is 9.69 Å². The number of carbonyl (C=O) groups excluding carboxylic acids is 1. The highest BCUT2D eigenvalue weighted by Gasteiger charge is 2.52. The molecule has 0 saturated carbocycles. The van der Waals surface area contributed by atoms with Gasteiger partial charge in [0, 0.05) is 5.25 Å². The van der Waals surface area contributed by atoms with Gasteiger partial charge in [0.05, 0.1) is 0 Å². The van der Waals surface area contributed by atoms with Crippen LogP contribution in [-0.2, 0) is 9.59 Å². The van der Waals surface area contributed by atoms with Crippen LogP contribution in [0.4, 0.5) is 0 Å². The second kappa shape index (κ2) is 3.24. The molecule has 3 N–H and O–H groups in total. The van der Waals surface area contributed by atoms with Crippen molar-refractivity contribution < 1.29 is 14.7 Å². The monoisotopic (exact) mass is 228 g/mol. The molecule has 2 aliphatic heterocycles. The first kappa shape index (κ1) is 10.5. The minimum Gasteiger partial charge on any atom is -0.477 e. The third-order valence-corrected chi connectivity index (χ3v) is 4.40. The Hall–Kier alpha value is -1.01. The molecule has 5 nitrogen and oxygen atoms in total. The second-order valence-electron chi connectivity index (χ2n) is 3.74. The molecular weight excluding hydrogens is 216 g/mol. The highest BCUT2D eigenvalue weighted by atomic mass is 32.2. The quantitative estimate of drug-likeness (QED) is 0.616. The van der Waals surface area contributed by atoms with E-state index in [0.29, 0.717) is 0 Å². The van der Waals surface area contributed by atoms with E-state index in [0.717, 1.165) is 5.57 Å². The third-order valence-electron chi connectivity index (χ3n) is 2.85. The zero-order chi connectivity index (χ0) is 11.3. The van der Waals surface area contributed by atoms with Crippen LogP contribution in [0.1, 0.15) is 13.8 Å². The van der Waals surface area contributed by atoms with Crippen molar-refractivity contribution in [1.29, 1.82) is 0 Å². The molecule has 1 saturated heterocycles. The van der Waals surface area contributed by atoms with E-state index >= 15 is 0 Å². The van der Waals surface area contributed by atoms with Crippen molar-refractivity contribution in [2.75, 3.05) is 0 Å². The summed E-state index contributed by atoms with van der Waals surface area (Å²) in [6.07, 6.45) is 0. The molecule has 2 heterocycles. The van der Waals surface area contributed by atoms with Gasteiger partial charge in [-0.25, -0.2) is 4.79 Å². The Morgan fingerprint density at radius 1 is 1.60 bits per heavy atom. The molecule has 0 aliphatic carbocycles. The Balaban J connectivity index is 2.43. The molecule has 82 valence electrons. The average Bonchev–Trinajstić information content (AvgIpc) is 2.20. The number of amides is 1. The zero-order valence-corrected chi connectivity index (χ0v) is 9.25. The van der Waals surface area contributed by atoms with Crippen LogP contribution in [-0.4, -0.2) is 38.5 Å². The first-order valence-corrected chi connectivity index (χ1v) is 5.57. The zero-order valence-electron chi connectivity index (χ0n) is 8.43. The van der Waals surface area contributed by atoms with Crippen LogP contribution in [0.5, 0.6) is 0 Å². The van der Waals surface area contributed by atoms with Crippen LogP contribution >= 0.6 is 11.8 Å². The summed E-state index contributed by atoms with van der Waals surface area (Å²) in [6, 6.07) is -0.556. The number of nitrogens with two attached hydrogens (primary N) is 1. The number of rotatable bonds is 1. The first-order valence-electron chi connectivity index (χ1n) is 4.63. The summed E-state index contributed by atoms with van der Waals surface area (Å²) < 4.78 is 0. The van der Waals surface area contributed by atoms with E-state index in [-0.39, 0.29) is 22.2 Å². The van der Waals surface area contributed by atoms with Crippen molar-refractivity contribution in [3.8, 4) is 0 Å². The van der Waals surface area contributed by atoms with Gasteiger partial charge in [0.15, 0.2) is 0 Å². The standard InChI is InChI=1S/C9H12N2O3S/c1-3-4(2)15-8-5(10)7(12)11(8)6(3)9(13)14/h4-5,8H,10H2,1-2H3,(H,13,14)/t4?,5?,8-/m0/s1. The Morgan fingerprint density at radius 2 is 2.20 bits per heavy atom. The molecule has 0 aromatic rings. The van der Waals surface area contributed by atoms with Gasteiger partial charge in [0.1, 0.15) is 17.1 Å². The van der Waals surface area contributed by atoms with Crippen molar-refractivity contribution in [2.24, 2.45) is 5.73 Å². The lowest BCUT2D eigenvalue weighted by molar-refractivity contribution is -0.148. The summed E-state index contributed by atoms with van der Waals surface area (Å²) in [5, 5.41) is 8.94. The number of nitrogens with zero attached hydrogens (tertiary/aromatic N) is 1. The van der Waals surface area contributed by atoms with Crippen molar-refractivity contribution in [3.05, 3.63) is 11.3 Å². The predicted octanol–water partition coefficient (Wildman–Crippen LogP) is -0.0241. The van der Waals surface area contributed by atoms with Gasteiger partial charge in [-0.2, -0.15) is 0 Å². The van der Waals surface area contributed by atoms with Crippen molar-refractivity contribution >= 4 is 23.6 Å². The minimum atomic E-state index is -1.05. The van der Waals surface area contributed by atoms with E-state index in [2.05, 4.69) is 0 Å². The molecule has 3 atom stereocenters. The third kappa shape index (κ3) is 1.28. The lowest BCUT2D eigenvalue weighted by Crippen LogP contribution is -2.68. The van der Waals surface area contributed by atoms with Crippen LogP contribution in [0.2, 0.25) is 0 Å². The normalized spacial score (nSPS) is 35.0. The lowest BCUT2D eigenvalue weighted by Gasteiger charge is -2.49. The van der Waals surface area contributed by atoms with Gasteiger partial charge in [0.2, 0.25) is 5.91 Å². The smallest absolute Gasteiger partial charge is 0.352 e. The highest BCUT2D eigenvalue weighted by molar-refractivity contribution is 8.00. The van der Waals surface area contributed by atoms with Gasteiger partial charge in [0.25, 0.3) is 0 Å². The topological polar surface area (TPSA) is 83.6 Å². The van der Waals surface area contributed by atoms with Crippen LogP contribution in [0, 0.1) is 0 Å². The lowest BCUT2D eigenvalue weighted by atomic mass is 10.0. The predicted molar refractivity (Wildman–Crippen MR) is 56.0 cm³/mol. The number of carboxylic acid groups (broad SMARTS) is 1. The second-order valence-corrected chi connectivity index (χ2v) is 5.20. The van der Waals surface area contributed by atoms with E-state index in [9.17, 15) is 9.59 Å². The molecule has 2 rings (SSSR count). The maximum atomic E-state index is 11.5. The fourth-order valence-corrected chi connectivity index (χ4v) is 3.19. The fraction of sp³-hybridized carbons (Fsp3) is 0.556. The van der Waals surface area contributed by atoms with Crippen molar-refractivity contribution in [1.82, 2.24) is 4.90 Å². The largest absolute Gasteiger partial charge is 0.477 e. The molecule has 0 aromatic heterocycles. The number of aliphatic carboxylic acids is 1. The van der Waals surface area contributed by atoms with Crippen molar-refractivity contribution in [3.63, 3.8) is 0 Å². The Bertz CT molecular complexity index is 380. The minimum absolute atomic E-state index is 0.0940. The van der Waals surface area contributed by atoms with E-state index in [4.69, 9.17) is 10.8 Å². The summed E-state index contributed by atoms with van der Waals surface area (Å²) in [7, 11) is 0. The molecule has 1 fully saturated rings. The van der Waals surface area contributed by atoms with Gasteiger partial charge in [-0.1, -0.05) is 0 Å². The maximum absolute atomic E-state index is 11.5. The molecule has 0 aromatic carbocycles. The summed E-state index contributed by atoms with van der Waals surface area (Å²) >= 11 is 1.54. The van der Waals surface area contributed by atoms with Gasteiger partial charge in [-0.15, -0.1) is 11.8 Å². The summed E-state index contributed by atoms with van der Waals surface area (Å²) in [6.45, 7) is 3.67. The van der Waals surface area contributed by atoms with Crippen molar-refractivity contribution in [2.45, 2.75) is 30.5 Å². The Labute approximate surface area is 91.3 Å². The summed E-state index contributed by atoms with van der Waals surface area (Å²) in [5.41, 5.74) is 6.45. The number of thioether (sulfide) groups is 1. The number of carbonyl (C=O) groups is 2. The van der Waals surface area contributed by atoms with Gasteiger partial charge < -0.3 is 10.8 Å². The molecule has 6 heteroatoms. The van der Waals surface area contributed by atoms with Gasteiger partial charge in [-0.05, 0) is 19.4 Å². The van der Waals surface area contributed by atoms with Crippen LogP contribution in [0.25, 0.3) is 0 Å². The molecule has 2 aliphatic rings. The molecule has 0 bridgehead atoms. The first-order chi connectivity index (χ1) is 6.95. The number of carboxylic acids is 1. The number of hydrogen-bond acceptors (Lipinski definition) is 4. The summed E-state index contributed by atoms with van der Waals surface area (Å²) in [5.74, 6) is -1.35. The maximum Gasteiger partial charge on any atom is 0.352 e. The van der Waals surface area contributed by atoms with Crippen LogP contribution in [0.15, 0.2) is 11.3 Å². The number of β-lactam (4-membered cyclic amide) rings is 1. The van der Waals surface area contributed by atoms with E-state index in [1.807, 2.05) is 6.92 Å². The average molecular weight is 228 g/mol.